The minimum atomic E-state index is -4.66. The van der Waals surface area contributed by atoms with E-state index in [0.717, 1.165) is 0 Å². The number of nitrogens with zero attached hydrogens (tertiary/aromatic N) is 1. The van der Waals surface area contributed by atoms with Crippen LogP contribution in [0.15, 0.2) is 0 Å². The minimum Gasteiger partial charge on any atom is -0.329 e. The summed E-state index contributed by atoms with van der Waals surface area (Å²) in [7, 11) is -3.69. The molecule has 10 heteroatoms. The van der Waals surface area contributed by atoms with Crippen LogP contribution in [0.5, 0.6) is 0 Å². The minimum absolute atomic E-state index is 0.0905. The Bertz CT molecular complexity index is 385. The van der Waals surface area contributed by atoms with Gasteiger partial charge in [0.05, 0.1) is 26.7 Å². The molecule has 2 N–H and O–H groups in total. The van der Waals surface area contributed by atoms with Crippen LogP contribution in [0.3, 0.4) is 0 Å². The Hall–Kier alpha value is 0.220. The first-order valence-electron chi connectivity index (χ1n) is 5.65. The molecule has 0 spiro atoms. The first-order chi connectivity index (χ1) is 8.12. The third-order valence-electron chi connectivity index (χ3n) is 1.61. The lowest BCUT2D eigenvalue weighted by molar-refractivity contribution is -0.870. The van der Waals surface area contributed by atoms with Crippen LogP contribution in [0.1, 0.15) is 20.8 Å². The molecule has 0 aromatic heterocycles. The van der Waals surface area contributed by atoms with E-state index in [1.807, 2.05) is 21.1 Å². The highest BCUT2D eigenvalue weighted by Gasteiger charge is 2.38. The van der Waals surface area contributed by atoms with Crippen molar-refractivity contribution < 1.29 is 36.8 Å². The molecule has 0 aliphatic rings. The molecule has 8 nitrogen and oxygen atoms in total. The van der Waals surface area contributed by atoms with Crippen molar-refractivity contribution in [3.63, 3.8) is 0 Å². The van der Waals surface area contributed by atoms with Crippen LogP contribution in [0, 0.1) is 0 Å². The number of hydrogen-bond acceptors (Lipinski definition) is 5. The summed E-state index contributed by atoms with van der Waals surface area (Å²) in [5.74, 6) is 0. The third kappa shape index (κ3) is 11.7. The molecule has 0 saturated carbocycles. The zero-order valence-electron chi connectivity index (χ0n) is 12.2. The lowest BCUT2D eigenvalue weighted by atomic mass is 10.2. The molecule has 0 amide bonds. The van der Waals surface area contributed by atoms with E-state index >= 15 is 0 Å². The summed E-state index contributed by atoms with van der Waals surface area (Å²) in [6.45, 7) is 4.88. The van der Waals surface area contributed by atoms with Gasteiger partial charge < -0.3 is 14.3 Å². The Labute approximate surface area is 114 Å². The number of likely N-dealkylation sites (N-methyl/N-ethyl adjacent to an activating group) is 1. The molecular formula is C9H24NO7P2+. The monoisotopic (exact) mass is 320 g/mol. The van der Waals surface area contributed by atoms with Crippen LogP contribution in [0.2, 0.25) is 0 Å². The molecule has 0 radical (unpaired) electrons. The molecule has 19 heavy (non-hydrogen) atoms. The quantitative estimate of drug-likeness (QED) is 0.544. The Morgan fingerprint density at radius 1 is 1.05 bits per heavy atom. The number of phosphoric acid groups is 2. The first kappa shape index (κ1) is 19.2. The first-order valence-corrected chi connectivity index (χ1v) is 8.64. The second-order valence-electron chi connectivity index (χ2n) is 6.07. The van der Waals surface area contributed by atoms with Crippen molar-refractivity contribution in [2.75, 3.05) is 34.3 Å². The third-order valence-corrected chi connectivity index (χ3v) is 4.55. The predicted octanol–water partition coefficient (Wildman–Crippen LogP) is 1.74. The largest absolute Gasteiger partial charge is 0.481 e. The highest BCUT2D eigenvalue weighted by Crippen LogP contribution is 2.61. The van der Waals surface area contributed by atoms with Crippen molar-refractivity contribution >= 4 is 15.6 Å². The number of rotatable bonds is 7. The van der Waals surface area contributed by atoms with Gasteiger partial charge in [0.2, 0.25) is 0 Å². The molecule has 0 saturated heterocycles. The van der Waals surface area contributed by atoms with Gasteiger partial charge >= 0.3 is 15.6 Å². The van der Waals surface area contributed by atoms with E-state index in [2.05, 4.69) is 13.4 Å². The van der Waals surface area contributed by atoms with Gasteiger partial charge in [0.25, 0.3) is 0 Å². The molecule has 0 aliphatic carbocycles. The highest BCUT2D eigenvalue weighted by molar-refractivity contribution is 7.61. The van der Waals surface area contributed by atoms with Crippen LogP contribution in [0.25, 0.3) is 0 Å². The fourth-order valence-electron chi connectivity index (χ4n) is 0.947. The van der Waals surface area contributed by atoms with E-state index in [4.69, 9.17) is 0 Å². The van der Waals surface area contributed by atoms with Gasteiger partial charge in [0, 0.05) is 0 Å². The molecule has 0 fully saturated rings. The predicted molar refractivity (Wildman–Crippen MR) is 70.4 cm³/mol. The van der Waals surface area contributed by atoms with Crippen molar-refractivity contribution in [1.82, 2.24) is 0 Å². The molecule has 0 rings (SSSR count). The van der Waals surface area contributed by atoms with Gasteiger partial charge in [0.1, 0.15) is 13.2 Å². The van der Waals surface area contributed by atoms with E-state index in [1.54, 1.807) is 0 Å². The van der Waals surface area contributed by atoms with Gasteiger partial charge in [-0.05, 0) is 20.8 Å². The van der Waals surface area contributed by atoms with Crippen molar-refractivity contribution in [2.24, 2.45) is 0 Å². The SMILES string of the molecule is CC(C)(C)OP(=O)(O)OP(=O)(O)OCC[N+](C)(C)C. The van der Waals surface area contributed by atoms with Crippen LogP contribution < -0.4 is 0 Å². The summed E-state index contributed by atoms with van der Waals surface area (Å²) >= 11 is 0. The Morgan fingerprint density at radius 2 is 1.53 bits per heavy atom. The van der Waals surface area contributed by atoms with Crippen molar-refractivity contribution in [2.45, 2.75) is 26.4 Å². The van der Waals surface area contributed by atoms with Crippen LogP contribution in [0.4, 0.5) is 0 Å². The summed E-state index contributed by atoms with van der Waals surface area (Å²) in [6.07, 6.45) is 0. The summed E-state index contributed by atoms with van der Waals surface area (Å²) in [5.41, 5.74) is -0.993. The highest BCUT2D eigenvalue weighted by atomic mass is 31.3. The van der Waals surface area contributed by atoms with Gasteiger partial charge in [-0.25, -0.2) is 9.13 Å². The number of phosphoric ester groups is 2. The fourth-order valence-corrected chi connectivity index (χ4v) is 3.32. The molecule has 2 unspecified atom stereocenters. The van der Waals surface area contributed by atoms with E-state index < -0.39 is 21.2 Å². The molecule has 0 aromatic carbocycles. The maximum absolute atomic E-state index is 11.5. The molecule has 116 valence electrons. The summed E-state index contributed by atoms with van der Waals surface area (Å²) in [6, 6.07) is 0. The molecular weight excluding hydrogens is 296 g/mol. The van der Waals surface area contributed by atoms with Gasteiger partial charge in [-0.2, -0.15) is 4.31 Å². The zero-order chi connectivity index (χ0) is 15.5. The normalized spacial score (nSPS) is 19.8. The van der Waals surface area contributed by atoms with Gasteiger partial charge in [-0.3, -0.25) is 9.05 Å². The standard InChI is InChI=1S/C9H23NO7P2/c1-9(2,3)16-19(13,14)17-18(11,12)15-8-7-10(4,5)6/h7-8H2,1-6H3,(H-,11,12,13,14)/p+1. The second kappa shape index (κ2) is 6.33. The Kier molecular flexibility index (Phi) is 6.40. The smallest absolute Gasteiger partial charge is 0.329 e. The van der Waals surface area contributed by atoms with E-state index in [0.29, 0.717) is 11.0 Å². The van der Waals surface area contributed by atoms with Crippen LogP contribution in [-0.4, -0.2) is 54.2 Å². The van der Waals surface area contributed by atoms with E-state index in [9.17, 15) is 18.9 Å². The molecule has 2 atom stereocenters. The average Bonchev–Trinajstić information content (AvgIpc) is 1.90. The maximum Gasteiger partial charge on any atom is 0.481 e. The van der Waals surface area contributed by atoms with Crippen molar-refractivity contribution in [3.8, 4) is 0 Å². The summed E-state index contributed by atoms with van der Waals surface area (Å²) in [4.78, 5) is 18.7. The molecule has 0 aliphatic heterocycles. The average molecular weight is 320 g/mol. The summed E-state index contributed by atoms with van der Waals surface area (Å²) < 4.78 is 37.0. The van der Waals surface area contributed by atoms with Crippen molar-refractivity contribution in [1.29, 1.82) is 0 Å². The maximum atomic E-state index is 11.5. The zero-order valence-corrected chi connectivity index (χ0v) is 14.0. The topological polar surface area (TPSA) is 102 Å². The Morgan fingerprint density at radius 3 is 1.89 bits per heavy atom. The van der Waals surface area contributed by atoms with E-state index in [1.165, 1.54) is 20.8 Å². The number of hydrogen-bond donors (Lipinski definition) is 2. The molecule has 0 aromatic rings. The van der Waals surface area contributed by atoms with Gasteiger partial charge in [-0.1, -0.05) is 0 Å². The second-order valence-corrected chi connectivity index (χ2v) is 9.04. The lowest BCUT2D eigenvalue weighted by Crippen LogP contribution is -2.37. The molecule has 0 bridgehead atoms. The number of quaternary nitrogens is 1. The Balaban J connectivity index is 4.44. The van der Waals surface area contributed by atoms with Crippen LogP contribution >= 0.6 is 15.6 Å². The molecule has 0 heterocycles. The van der Waals surface area contributed by atoms with Crippen molar-refractivity contribution in [3.05, 3.63) is 0 Å². The van der Waals surface area contributed by atoms with Crippen LogP contribution in [-0.2, 0) is 22.5 Å². The summed E-state index contributed by atoms with van der Waals surface area (Å²) in [5, 5.41) is 0. The van der Waals surface area contributed by atoms with Gasteiger partial charge in [0.15, 0.2) is 0 Å². The van der Waals surface area contributed by atoms with Gasteiger partial charge in [-0.15, -0.1) is 0 Å². The van der Waals surface area contributed by atoms with E-state index in [-0.39, 0.29) is 6.61 Å². The fraction of sp³-hybridized carbons (Fsp3) is 1.00. The lowest BCUT2D eigenvalue weighted by Gasteiger charge is -2.25.